The molecule has 0 aliphatic rings. The van der Waals surface area contributed by atoms with Gasteiger partial charge in [-0.25, -0.2) is 9.18 Å². The van der Waals surface area contributed by atoms with Crippen molar-refractivity contribution < 1.29 is 4.39 Å². The number of nitrogens with zero attached hydrogens (tertiary/aromatic N) is 1. The van der Waals surface area contributed by atoms with E-state index in [1.54, 1.807) is 6.07 Å². The highest BCUT2D eigenvalue weighted by atomic mass is 19.1. The number of anilines is 1. The topological polar surface area (TPSA) is 73.6 Å². The number of hydrogen-bond acceptors (Lipinski definition) is 3. The third kappa shape index (κ3) is 2.79. The van der Waals surface area contributed by atoms with E-state index in [-0.39, 0.29) is 17.5 Å². The van der Waals surface area contributed by atoms with Crippen molar-refractivity contribution in [2.75, 3.05) is 5.32 Å². The van der Waals surface area contributed by atoms with Gasteiger partial charge in [0.25, 0.3) is 0 Å². The number of aromatic amines is 2. The Hall–Kier alpha value is -2.63. The number of imidazole rings is 1. The molecule has 0 bridgehead atoms. The lowest BCUT2D eigenvalue weighted by Gasteiger charge is -2.17. The fraction of sp³-hybridized carbons (Fsp3) is 0.200. The van der Waals surface area contributed by atoms with Crippen LogP contribution in [0.25, 0.3) is 11.0 Å². The number of halogens is 1. The molecular weight excluding hydrogens is 271 g/mol. The molecule has 21 heavy (non-hydrogen) atoms. The first-order valence-corrected chi connectivity index (χ1v) is 6.76. The molecule has 6 heteroatoms. The van der Waals surface area contributed by atoms with Crippen molar-refractivity contribution >= 4 is 16.7 Å². The Morgan fingerprint density at radius 1 is 1.24 bits per heavy atom. The monoisotopic (exact) mass is 286 g/mol. The van der Waals surface area contributed by atoms with Crippen molar-refractivity contribution in [1.82, 2.24) is 15.0 Å². The number of nitrogens with one attached hydrogen (secondary N) is 3. The van der Waals surface area contributed by atoms with E-state index in [9.17, 15) is 9.18 Å². The van der Waals surface area contributed by atoms with Gasteiger partial charge in [0.05, 0.1) is 29.0 Å². The van der Waals surface area contributed by atoms with Crippen LogP contribution in [0.4, 0.5) is 10.1 Å². The van der Waals surface area contributed by atoms with E-state index in [0.29, 0.717) is 0 Å². The van der Waals surface area contributed by atoms with Crippen molar-refractivity contribution in [1.29, 1.82) is 0 Å². The summed E-state index contributed by atoms with van der Waals surface area (Å²) < 4.78 is 12.9. The van der Waals surface area contributed by atoms with Crippen LogP contribution in [0.2, 0.25) is 0 Å². The van der Waals surface area contributed by atoms with Crippen LogP contribution in [0.5, 0.6) is 0 Å². The summed E-state index contributed by atoms with van der Waals surface area (Å²) in [5.41, 5.74) is 2.93. The minimum Gasteiger partial charge on any atom is -0.377 e. The Labute approximate surface area is 120 Å². The van der Waals surface area contributed by atoms with Gasteiger partial charge in [0.1, 0.15) is 5.82 Å². The van der Waals surface area contributed by atoms with Crippen molar-refractivity contribution in [3.05, 3.63) is 58.5 Å². The molecule has 108 valence electrons. The first-order valence-electron chi connectivity index (χ1n) is 6.76. The van der Waals surface area contributed by atoms with Gasteiger partial charge in [-0.3, -0.25) is 4.98 Å². The molecule has 0 amide bonds. The average molecular weight is 286 g/mol. The van der Waals surface area contributed by atoms with E-state index in [1.807, 2.05) is 25.1 Å². The first-order chi connectivity index (χ1) is 10.2. The van der Waals surface area contributed by atoms with E-state index < -0.39 is 0 Å². The molecule has 1 unspecified atom stereocenters. The second kappa shape index (κ2) is 5.40. The summed E-state index contributed by atoms with van der Waals surface area (Å²) in [6.45, 7) is 2.03. The van der Waals surface area contributed by atoms with Crippen molar-refractivity contribution in [2.45, 2.75) is 19.4 Å². The minimum atomic E-state index is -0.347. The van der Waals surface area contributed by atoms with Crippen LogP contribution in [-0.2, 0) is 0 Å². The normalized spacial score (nSPS) is 12.5. The summed E-state index contributed by atoms with van der Waals surface area (Å²) >= 11 is 0. The zero-order valence-electron chi connectivity index (χ0n) is 11.5. The molecule has 3 N–H and O–H groups in total. The molecule has 1 atom stereocenters. The fourth-order valence-corrected chi connectivity index (χ4v) is 2.30. The van der Waals surface area contributed by atoms with Gasteiger partial charge in [-0.2, -0.15) is 0 Å². The molecular formula is C15H15FN4O. The predicted octanol–water partition coefficient (Wildman–Crippen LogP) is 2.95. The smallest absolute Gasteiger partial charge is 0.323 e. The number of aromatic nitrogens is 3. The molecule has 0 radical (unpaired) electrons. The van der Waals surface area contributed by atoms with Gasteiger partial charge in [-0.15, -0.1) is 0 Å². The van der Waals surface area contributed by atoms with E-state index in [2.05, 4.69) is 20.3 Å². The molecule has 2 heterocycles. The second-order valence-electron chi connectivity index (χ2n) is 4.85. The highest BCUT2D eigenvalue weighted by Crippen LogP contribution is 2.23. The number of fused-ring (bicyclic) bond motifs is 1. The maximum Gasteiger partial charge on any atom is 0.323 e. The summed E-state index contributed by atoms with van der Waals surface area (Å²) in [5.74, 6) is -0.347. The third-order valence-corrected chi connectivity index (χ3v) is 3.37. The summed E-state index contributed by atoms with van der Waals surface area (Å²) in [6, 6.07) is 8.64. The van der Waals surface area contributed by atoms with Crippen LogP contribution in [0.15, 0.2) is 41.3 Å². The number of H-pyrrole nitrogens is 2. The number of pyridine rings is 1. The Balaban J connectivity index is 1.87. The predicted molar refractivity (Wildman–Crippen MR) is 79.8 cm³/mol. The van der Waals surface area contributed by atoms with Gasteiger partial charge in [-0.05, 0) is 36.8 Å². The van der Waals surface area contributed by atoms with Gasteiger partial charge in [-0.1, -0.05) is 6.92 Å². The lowest BCUT2D eigenvalue weighted by Crippen LogP contribution is -2.11. The van der Waals surface area contributed by atoms with Crippen LogP contribution in [-0.4, -0.2) is 15.0 Å². The molecule has 3 rings (SSSR count). The van der Waals surface area contributed by atoms with Gasteiger partial charge in [0.2, 0.25) is 0 Å². The molecule has 0 aliphatic heterocycles. The van der Waals surface area contributed by atoms with E-state index in [1.165, 1.54) is 12.3 Å². The summed E-state index contributed by atoms with van der Waals surface area (Å²) in [5, 5.41) is 3.34. The fourth-order valence-electron chi connectivity index (χ4n) is 2.30. The van der Waals surface area contributed by atoms with Crippen LogP contribution in [0.3, 0.4) is 0 Å². The Morgan fingerprint density at radius 3 is 2.76 bits per heavy atom. The van der Waals surface area contributed by atoms with Crippen molar-refractivity contribution in [2.24, 2.45) is 0 Å². The molecule has 2 aromatic heterocycles. The zero-order valence-corrected chi connectivity index (χ0v) is 11.5. The molecule has 0 saturated carbocycles. The van der Waals surface area contributed by atoms with Crippen LogP contribution in [0, 0.1) is 5.82 Å². The first kappa shape index (κ1) is 13.4. The molecule has 5 nitrogen and oxygen atoms in total. The van der Waals surface area contributed by atoms with Gasteiger partial charge < -0.3 is 15.3 Å². The minimum absolute atomic E-state index is 0.0197. The average Bonchev–Trinajstić information content (AvgIpc) is 2.85. The van der Waals surface area contributed by atoms with Crippen molar-refractivity contribution in [3.8, 4) is 0 Å². The molecule has 0 spiro atoms. The largest absolute Gasteiger partial charge is 0.377 e. The van der Waals surface area contributed by atoms with Gasteiger partial charge in [0, 0.05) is 5.69 Å². The standard InChI is InChI=1S/C15H15FN4O/c1-2-11(12-5-3-9(16)8-17-12)18-10-4-6-13-14(7-10)20-15(21)19-13/h3-8,11,18H,2H2,1H3,(H2,19,20,21). The quantitative estimate of drug-likeness (QED) is 0.690. The molecule has 1 aromatic carbocycles. The van der Waals surface area contributed by atoms with Crippen LogP contribution < -0.4 is 11.0 Å². The highest BCUT2D eigenvalue weighted by molar-refractivity contribution is 5.78. The number of rotatable bonds is 4. The Kier molecular flexibility index (Phi) is 3.43. The number of hydrogen-bond donors (Lipinski definition) is 3. The maximum absolute atomic E-state index is 12.9. The Bertz CT molecular complexity index is 806. The molecule has 0 aliphatic carbocycles. The lowest BCUT2D eigenvalue weighted by molar-refractivity contribution is 0.614. The SMILES string of the molecule is CCC(Nc1ccc2[nH]c(=O)[nH]c2c1)c1ccc(F)cn1. The summed E-state index contributed by atoms with van der Waals surface area (Å²) in [6.07, 6.45) is 2.02. The summed E-state index contributed by atoms with van der Waals surface area (Å²) in [4.78, 5) is 20.8. The molecule has 0 saturated heterocycles. The Morgan fingerprint density at radius 2 is 2.05 bits per heavy atom. The van der Waals surface area contributed by atoms with Gasteiger partial charge in [0.15, 0.2) is 0 Å². The zero-order chi connectivity index (χ0) is 14.8. The highest BCUT2D eigenvalue weighted by Gasteiger charge is 2.11. The summed E-state index contributed by atoms with van der Waals surface area (Å²) in [7, 11) is 0. The van der Waals surface area contributed by atoms with E-state index in [4.69, 9.17) is 0 Å². The third-order valence-electron chi connectivity index (χ3n) is 3.37. The maximum atomic E-state index is 12.9. The van der Waals surface area contributed by atoms with E-state index in [0.717, 1.165) is 28.8 Å². The van der Waals surface area contributed by atoms with Gasteiger partial charge >= 0.3 is 5.69 Å². The van der Waals surface area contributed by atoms with Crippen molar-refractivity contribution in [3.63, 3.8) is 0 Å². The van der Waals surface area contributed by atoms with Crippen LogP contribution in [0.1, 0.15) is 25.1 Å². The van der Waals surface area contributed by atoms with Crippen LogP contribution >= 0.6 is 0 Å². The van der Waals surface area contributed by atoms with E-state index >= 15 is 0 Å². The lowest BCUT2D eigenvalue weighted by atomic mass is 10.1. The molecule has 0 fully saturated rings. The second-order valence-corrected chi connectivity index (χ2v) is 4.85. The molecule has 3 aromatic rings. The number of benzene rings is 1.